The molecule has 0 saturated carbocycles. The van der Waals surface area contributed by atoms with E-state index in [4.69, 9.17) is 9.47 Å². The van der Waals surface area contributed by atoms with Crippen molar-refractivity contribution in [1.29, 1.82) is 0 Å². The summed E-state index contributed by atoms with van der Waals surface area (Å²) in [5.74, 6) is -0.327. The number of aromatic hydroxyl groups is 1. The van der Waals surface area contributed by atoms with E-state index in [0.717, 1.165) is 18.4 Å². The summed E-state index contributed by atoms with van der Waals surface area (Å²) >= 11 is 0. The van der Waals surface area contributed by atoms with Crippen LogP contribution in [-0.2, 0) is 15.9 Å². The molecular weight excluding hydrogens is 298 g/mol. The largest absolute Gasteiger partial charge is 0.502 e. The first-order chi connectivity index (χ1) is 11.1. The summed E-state index contributed by atoms with van der Waals surface area (Å²) in [6.07, 6.45) is 1.78. The van der Waals surface area contributed by atoms with Gasteiger partial charge >= 0.3 is 5.69 Å². The molecule has 2 aromatic rings. The predicted molar refractivity (Wildman–Crippen MR) is 86.3 cm³/mol. The molecule has 0 unspecified atom stereocenters. The summed E-state index contributed by atoms with van der Waals surface area (Å²) < 4.78 is 10.0. The first kappa shape index (κ1) is 16.9. The van der Waals surface area contributed by atoms with Gasteiger partial charge in [-0.15, -0.1) is 0 Å². The van der Waals surface area contributed by atoms with Crippen molar-refractivity contribution in [2.24, 2.45) is 0 Å². The SMILES string of the molecule is COCOCCCc1ccc(-c2ccc(O)c([N+](=O)[O-])c2)cc1. The summed E-state index contributed by atoms with van der Waals surface area (Å²) in [6.45, 7) is 0.943. The molecule has 0 aromatic heterocycles. The molecule has 2 aromatic carbocycles. The third kappa shape index (κ3) is 4.77. The smallest absolute Gasteiger partial charge is 0.311 e. The van der Waals surface area contributed by atoms with E-state index in [1.54, 1.807) is 13.2 Å². The van der Waals surface area contributed by atoms with Crippen molar-refractivity contribution in [2.75, 3.05) is 20.5 Å². The molecule has 6 heteroatoms. The maximum absolute atomic E-state index is 10.9. The lowest BCUT2D eigenvalue weighted by molar-refractivity contribution is -0.385. The van der Waals surface area contributed by atoms with Gasteiger partial charge in [0.15, 0.2) is 5.75 Å². The van der Waals surface area contributed by atoms with Crippen LogP contribution in [0.3, 0.4) is 0 Å². The molecule has 23 heavy (non-hydrogen) atoms. The van der Waals surface area contributed by atoms with Crippen LogP contribution in [0.15, 0.2) is 42.5 Å². The Morgan fingerprint density at radius 1 is 1.13 bits per heavy atom. The van der Waals surface area contributed by atoms with Crippen molar-refractivity contribution in [3.8, 4) is 16.9 Å². The molecule has 0 fully saturated rings. The minimum Gasteiger partial charge on any atom is -0.502 e. The second-order valence-corrected chi connectivity index (χ2v) is 5.08. The molecule has 2 rings (SSSR count). The maximum atomic E-state index is 10.9. The van der Waals surface area contributed by atoms with Gasteiger partial charge < -0.3 is 14.6 Å². The highest BCUT2D eigenvalue weighted by Crippen LogP contribution is 2.31. The Labute approximate surface area is 134 Å². The van der Waals surface area contributed by atoms with Gasteiger partial charge in [0, 0.05) is 19.8 Å². The minimum absolute atomic E-state index is 0.290. The van der Waals surface area contributed by atoms with Crippen molar-refractivity contribution >= 4 is 5.69 Å². The Bertz CT molecular complexity index is 655. The van der Waals surface area contributed by atoms with Gasteiger partial charge in [-0.3, -0.25) is 10.1 Å². The zero-order chi connectivity index (χ0) is 16.7. The van der Waals surface area contributed by atoms with E-state index in [2.05, 4.69) is 0 Å². The lowest BCUT2D eigenvalue weighted by Crippen LogP contribution is -1.99. The number of rotatable bonds is 8. The number of phenolic OH excluding ortho intramolecular Hbond substituents is 1. The molecule has 0 bridgehead atoms. The molecule has 1 N–H and O–H groups in total. The van der Waals surface area contributed by atoms with E-state index < -0.39 is 4.92 Å². The summed E-state index contributed by atoms with van der Waals surface area (Å²) in [6, 6.07) is 12.2. The zero-order valence-electron chi connectivity index (χ0n) is 12.9. The van der Waals surface area contributed by atoms with Crippen LogP contribution in [0.5, 0.6) is 5.75 Å². The second-order valence-electron chi connectivity index (χ2n) is 5.08. The average molecular weight is 317 g/mol. The second kappa shape index (κ2) is 8.26. The van der Waals surface area contributed by atoms with Crippen molar-refractivity contribution in [3.63, 3.8) is 0 Å². The maximum Gasteiger partial charge on any atom is 0.311 e. The molecule has 0 saturated heterocycles. The summed E-state index contributed by atoms with van der Waals surface area (Å²) in [5.41, 5.74) is 2.45. The van der Waals surface area contributed by atoms with E-state index in [-0.39, 0.29) is 11.4 Å². The summed E-state index contributed by atoms with van der Waals surface area (Å²) in [4.78, 5) is 10.3. The van der Waals surface area contributed by atoms with Gasteiger partial charge in [0.05, 0.1) is 4.92 Å². The predicted octanol–water partition coefficient (Wildman–Crippen LogP) is 3.52. The normalized spacial score (nSPS) is 10.7. The van der Waals surface area contributed by atoms with Crippen LogP contribution >= 0.6 is 0 Å². The molecule has 6 nitrogen and oxygen atoms in total. The van der Waals surface area contributed by atoms with Gasteiger partial charge in [-0.25, -0.2) is 0 Å². The van der Waals surface area contributed by atoms with Gasteiger partial charge in [-0.05, 0) is 35.6 Å². The van der Waals surface area contributed by atoms with Crippen LogP contribution in [0, 0.1) is 10.1 Å². The van der Waals surface area contributed by atoms with Crippen LogP contribution in [0.4, 0.5) is 5.69 Å². The van der Waals surface area contributed by atoms with E-state index in [9.17, 15) is 15.2 Å². The van der Waals surface area contributed by atoms with Gasteiger partial charge in [-0.2, -0.15) is 0 Å². The van der Waals surface area contributed by atoms with Crippen LogP contribution in [-0.4, -0.2) is 30.5 Å². The van der Waals surface area contributed by atoms with Gasteiger partial charge in [0.1, 0.15) is 6.79 Å². The molecule has 122 valence electrons. The van der Waals surface area contributed by atoms with E-state index in [1.165, 1.54) is 17.7 Å². The number of aryl methyl sites for hydroxylation is 1. The zero-order valence-corrected chi connectivity index (χ0v) is 12.9. The van der Waals surface area contributed by atoms with Crippen molar-refractivity contribution in [3.05, 3.63) is 58.1 Å². The van der Waals surface area contributed by atoms with Crippen molar-refractivity contribution < 1.29 is 19.5 Å². The minimum atomic E-state index is -0.590. The van der Waals surface area contributed by atoms with Gasteiger partial charge in [0.25, 0.3) is 0 Å². The molecule has 0 aliphatic rings. The third-order valence-electron chi connectivity index (χ3n) is 3.41. The Morgan fingerprint density at radius 3 is 2.48 bits per heavy atom. The van der Waals surface area contributed by atoms with Crippen LogP contribution in [0.1, 0.15) is 12.0 Å². The van der Waals surface area contributed by atoms with E-state index in [1.807, 2.05) is 24.3 Å². The van der Waals surface area contributed by atoms with E-state index in [0.29, 0.717) is 19.0 Å². The number of ether oxygens (including phenoxy) is 2. The number of nitro benzene ring substituents is 1. The molecule has 0 spiro atoms. The highest BCUT2D eigenvalue weighted by molar-refractivity contribution is 5.68. The number of methoxy groups -OCH3 is 1. The first-order valence-electron chi connectivity index (χ1n) is 7.25. The number of benzene rings is 2. The first-order valence-corrected chi connectivity index (χ1v) is 7.25. The van der Waals surface area contributed by atoms with Crippen LogP contribution in [0.25, 0.3) is 11.1 Å². The Hall–Kier alpha value is -2.44. The number of hydrogen-bond acceptors (Lipinski definition) is 5. The van der Waals surface area contributed by atoms with Crippen molar-refractivity contribution in [2.45, 2.75) is 12.8 Å². The highest BCUT2D eigenvalue weighted by Gasteiger charge is 2.14. The summed E-state index contributed by atoms with van der Waals surface area (Å²) in [7, 11) is 1.59. The molecule has 0 atom stereocenters. The third-order valence-corrected chi connectivity index (χ3v) is 3.41. The van der Waals surface area contributed by atoms with Gasteiger partial charge in [-0.1, -0.05) is 30.3 Å². The number of hydrogen-bond donors (Lipinski definition) is 1. The molecular formula is C17H19NO5. The Balaban J connectivity index is 2.02. The topological polar surface area (TPSA) is 81.8 Å². The average Bonchev–Trinajstić information content (AvgIpc) is 2.55. The molecule has 0 heterocycles. The highest BCUT2D eigenvalue weighted by atomic mass is 16.7. The molecule has 0 aliphatic carbocycles. The fraction of sp³-hybridized carbons (Fsp3) is 0.294. The standard InChI is InChI=1S/C17H19NO5/c1-22-12-23-10-2-3-13-4-6-14(7-5-13)15-8-9-17(19)16(11-15)18(20)21/h4-9,11,19H,2-3,10,12H2,1H3. The fourth-order valence-corrected chi connectivity index (χ4v) is 2.23. The fourth-order valence-electron chi connectivity index (χ4n) is 2.23. The number of phenols is 1. The molecule has 0 aliphatic heterocycles. The van der Waals surface area contributed by atoms with Crippen molar-refractivity contribution in [1.82, 2.24) is 0 Å². The van der Waals surface area contributed by atoms with E-state index >= 15 is 0 Å². The lowest BCUT2D eigenvalue weighted by Gasteiger charge is -2.06. The lowest BCUT2D eigenvalue weighted by atomic mass is 10.0. The molecule has 0 amide bonds. The summed E-state index contributed by atoms with van der Waals surface area (Å²) in [5, 5.41) is 20.4. The monoisotopic (exact) mass is 317 g/mol. The number of nitro groups is 1. The van der Waals surface area contributed by atoms with Gasteiger partial charge in [0.2, 0.25) is 0 Å². The molecule has 0 radical (unpaired) electrons. The quantitative estimate of drug-likeness (QED) is 0.349. The van der Waals surface area contributed by atoms with Crippen LogP contribution < -0.4 is 0 Å². The number of nitrogens with zero attached hydrogens (tertiary/aromatic N) is 1. The van der Waals surface area contributed by atoms with Crippen LogP contribution in [0.2, 0.25) is 0 Å². The Kier molecular flexibility index (Phi) is 6.08. The Morgan fingerprint density at radius 2 is 1.83 bits per heavy atom.